The van der Waals surface area contributed by atoms with Crippen molar-refractivity contribution in [2.75, 3.05) is 27.2 Å². The molecule has 3 rings (SSSR count). The van der Waals surface area contributed by atoms with Crippen LogP contribution in [0.4, 0.5) is 0 Å². The summed E-state index contributed by atoms with van der Waals surface area (Å²) in [6.45, 7) is 0.667. The van der Waals surface area contributed by atoms with Gasteiger partial charge < -0.3 is 4.90 Å². The third-order valence-electron chi connectivity index (χ3n) is 6.16. The van der Waals surface area contributed by atoms with Gasteiger partial charge in [-0.2, -0.15) is 9.57 Å². The van der Waals surface area contributed by atoms with Crippen molar-refractivity contribution in [3.05, 3.63) is 29.8 Å². The molecule has 1 saturated heterocycles. The molecule has 2 fully saturated rings. The minimum Gasteiger partial charge on any atom is -0.349 e. The molecule has 1 saturated carbocycles. The second-order valence-corrected chi connectivity index (χ2v) is 10.2. The van der Waals surface area contributed by atoms with Crippen LogP contribution in [0.1, 0.15) is 44.1 Å². The number of piperidine rings is 1. The summed E-state index contributed by atoms with van der Waals surface area (Å²) in [4.78, 5) is 14.4. The lowest BCUT2D eigenvalue weighted by Crippen LogP contribution is -2.50. The number of benzene rings is 1. The molecule has 7 heteroatoms. The van der Waals surface area contributed by atoms with Gasteiger partial charge in [0.1, 0.15) is 0 Å². The molecule has 0 N–H and O–H groups in total. The van der Waals surface area contributed by atoms with Crippen molar-refractivity contribution in [1.82, 2.24) is 9.21 Å². The molecule has 0 aromatic heterocycles. The van der Waals surface area contributed by atoms with Gasteiger partial charge >= 0.3 is 0 Å². The number of hydrogen-bond donors (Lipinski definition) is 0. The van der Waals surface area contributed by atoms with E-state index in [9.17, 15) is 13.2 Å². The summed E-state index contributed by atoms with van der Waals surface area (Å²) in [5.74, 6) is 0.364. The van der Waals surface area contributed by atoms with E-state index in [4.69, 9.17) is 5.26 Å². The van der Waals surface area contributed by atoms with Gasteiger partial charge in [0.15, 0.2) is 0 Å². The highest BCUT2D eigenvalue weighted by molar-refractivity contribution is 7.89. The minimum absolute atomic E-state index is 0.00788. The predicted molar refractivity (Wildman–Crippen MR) is 107 cm³/mol. The van der Waals surface area contributed by atoms with Crippen molar-refractivity contribution in [2.24, 2.45) is 17.8 Å². The topological polar surface area (TPSA) is 81.5 Å². The molecule has 6 nitrogen and oxygen atoms in total. The molecule has 1 aromatic carbocycles. The molecule has 1 aliphatic carbocycles. The number of nitrogens with zero attached hydrogens (tertiary/aromatic N) is 3. The van der Waals surface area contributed by atoms with Crippen LogP contribution in [0, 0.1) is 29.1 Å². The first-order valence-electron chi connectivity index (χ1n) is 10.0. The lowest BCUT2D eigenvalue weighted by Gasteiger charge is -2.41. The van der Waals surface area contributed by atoms with Gasteiger partial charge in [0.05, 0.1) is 22.4 Å². The van der Waals surface area contributed by atoms with E-state index in [0.717, 1.165) is 19.3 Å². The van der Waals surface area contributed by atoms with Crippen molar-refractivity contribution in [2.45, 2.75) is 43.4 Å². The molecule has 1 aliphatic heterocycles. The minimum atomic E-state index is -3.75. The van der Waals surface area contributed by atoms with Crippen molar-refractivity contribution < 1.29 is 13.2 Å². The lowest BCUT2D eigenvalue weighted by molar-refractivity contribution is -0.135. The SMILES string of the molecule is CN(C)C(=O)C1CC(C2CCCCC2)CN(S(=O)(=O)c2cccc(C#N)c2)C1. The van der Waals surface area contributed by atoms with E-state index in [1.54, 1.807) is 31.1 Å². The zero-order valence-electron chi connectivity index (χ0n) is 16.7. The molecular weight excluding hydrogens is 374 g/mol. The van der Waals surface area contributed by atoms with Gasteiger partial charge in [-0.3, -0.25) is 4.79 Å². The fraction of sp³-hybridized carbons (Fsp3) is 0.619. The maximum atomic E-state index is 13.3. The third kappa shape index (κ3) is 4.39. The zero-order chi connectivity index (χ0) is 20.3. The van der Waals surface area contributed by atoms with Gasteiger partial charge in [-0.05, 0) is 36.5 Å². The summed E-state index contributed by atoms with van der Waals surface area (Å²) in [7, 11) is -0.299. The molecule has 1 heterocycles. The van der Waals surface area contributed by atoms with Gasteiger partial charge in [-0.15, -0.1) is 0 Å². The van der Waals surface area contributed by atoms with Gasteiger partial charge in [0, 0.05) is 27.2 Å². The van der Waals surface area contributed by atoms with Gasteiger partial charge in [-0.25, -0.2) is 8.42 Å². The Hall–Kier alpha value is -1.91. The van der Waals surface area contributed by atoms with Crippen LogP contribution in [-0.2, 0) is 14.8 Å². The normalized spacial score (nSPS) is 24.5. The van der Waals surface area contributed by atoms with Crippen LogP contribution in [0.15, 0.2) is 29.2 Å². The maximum absolute atomic E-state index is 13.3. The molecule has 2 aliphatic rings. The van der Waals surface area contributed by atoms with Crippen LogP contribution in [0.25, 0.3) is 0 Å². The smallest absolute Gasteiger partial charge is 0.243 e. The Balaban J connectivity index is 1.90. The molecule has 2 unspecified atom stereocenters. The maximum Gasteiger partial charge on any atom is 0.243 e. The van der Waals surface area contributed by atoms with Gasteiger partial charge in [-0.1, -0.05) is 38.2 Å². The first-order valence-corrected chi connectivity index (χ1v) is 11.5. The standard InChI is InChI=1S/C21H29N3O3S/c1-23(2)21(25)19-12-18(17-8-4-3-5-9-17)14-24(15-19)28(26,27)20-10-6-7-16(11-20)13-22/h6-7,10-11,17-19H,3-5,8-9,12,14-15H2,1-2H3. The Kier molecular flexibility index (Phi) is 6.41. The summed E-state index contributed by atoms with van der Waals surface area (Å²) >= 11 is 0. The fourth-order valence-corrected chi connectivity index (χ4v) is 6.25. The monoisotopic (exact) mass is 403 g/mol. The Morgan fingerprint density at radius 1 is 1.14 bits per heavy atom. The second kappa shape index (κ2) is 8.62. The van der Waals surface area contributed by atoms with E-state index < -0.39 is 10.0 Å². The molecule has 0 spiro atoms. The van der Waals surface area contributed by atoms with E-state index in [0.29, 0.717) is 18.0 Å². The summed E-state index contributed by atoms with van der Waals surface area (Å²) in [5, 5.41) is 9.12. The second-order valence-electron chi connectivity index (χ2n) is 8.29. The van der Waals surface area contributed by atoms with E-state index >= 15 is 0 Å². The Labute approximate surface area is 168 Å². The van der Waals surface area contributed by atoms with E-state index in [-0.39, 0.29) is 29.2 Å². The lowest BCUT2D eigenvalue weighted by atomic mass is 9.74. The van der Waals surface area contributed by atoms with Crippen LogP contribution in [-0.4, -0.2) is 50.7 Å². The van der Waals surface area contributed by atoms with Crippen LogP contribution in [0.3, 0.4) is 0 Å². The van der Waals surface area contributed by atoms with E-state index in [1.807, 2.05) is 6.07 Å². The number of sulfonamides is 1. The molecule has 0 radical (unpaired) electrons. The van der Waals surface area contributed by atoms with Gasteiger partial charge in [0.2, 0.25) is 15.9 Å². The molecule has 152 valence electrons. The van der Waals surface area contributed by atoms with Crippen LogP contribution in [0.2, 0.25) is 0 Å². The van der Waals surface area contributed by atoms with Crippen LogP contribution >= 0.6 is 0 Å². The highest BCUT2D eigenvalue weighted by atomic mass is 32.2. The molecule has 2 atom stereocenters. The fourth-order valence-electron chi connectivity index (χ4n) is 4.66. The summed E-state index contributed by atoms with van der Waals surface area (Å²) in [6.07, 6.45) is 6.60. The van der Waals surface area contributed by atoms with E-state index in [1.165, 1.54) is 35.7 Å². The Morgan fingerprint density at radius 3 is 2.50 bits per heavy atom. The Bertz CT molecular complexity index is 854. The Morgan fingerprint density at radius 2 is 1.86 bits per heavy atom. The first-order chi connectivity index (χ1) is 13.3. The first kappa shape index (κ1) is 20.8. The molecule has 1 aromatic rings. The van der Waals surface area contributed by atoms with Crippen molar-refractivity contribution >= 4 is 15.9 Å². The largest absolute Gasteiger partial charge is 0.349 e. The molecule has 0 bridgehead atoms. The summed E-state index contributed by atoms with van der Waals surface area (Å²) in [5.41, 5.74) is 0.322. The number of carbonyl (C=O) groups is 1. The highest BCUT2D eigenvalue weighted by Crippen LogP contribution is 2.38. The average molecular weight is 404 g/mol. The molecular formula is C21H29N3O3S. The number of rotatable bonds is 4. The van der Waals surface area contributed by atoms with Gasteiger partial charge in [0.25, 0.3) is 0 Å². The van der Waals surface area contributed by atoms with Crippen LogP contribution < -0.4 is 0 Å². The predicted octanol–water partition coefficient (Wildman–Crippen LogP) is 2.85. The molecule has 1 amide bonds. The van der Waals surface area contributed by atoms with Crippen molar-refractivity contribution in [3.8, 4) is 6.07 Å². The van der Waals surface area contributed by atoms with Crippen LogP contribution in [0.5, 0.6) is 0 Å². The summed E-state index contributed by atoms with van der Waals surface area (Å²) < 4.78 is 28.1. The number of amides is 1. The number of carbonyl (C=O) groups excluding carboxylic acids is 1. The third-order valence-corrected chi connectivity index (χ3v) is 7.98. The van der Waals surface area contributed by atoms with Crippen molar-refractivity contribution in [1.29, 1.82) is 5.26 Å². The zero-order valence-corrected chi connectivity index (χ0v) is 17.5. The number of nitriles is 1. The highest BCUT2D eigenvalue weighted by Gasteiger charge is 2.40. The average Bonchev–Trinajstić information content (AvgIpc) is 2.73. The molecule has 28 heavy (non-hydrogen) atoms. The number of hydrogen-bond acceptors (Lipinski definition) is 4. The van der Waals surface area contributed by atoms with Crippen molar-refractivity contribution in [3.63, 3.8) is 0 Å². The summed E-state index contributed by atoms with van der Waals surface area (Å²) in [6, 6.07) is 8.14. The quantitative estimate of drug-likeness (QED) is 0.774. The van der Waals surface area contributed by atoms with E-state index in [2.05, 4.69) is 0 Å².